The number of para-hydroxylation sites is 1. The topological polar surface area (TPSA) is 91.8 Å². The number of carbonyl (C=O) groups is 3. The quantitative estimate of drug-likeness (QED) is 0.381. The van der Waals surface area contributed by atoms with E-state index in [4.69, 9.17) is 17.0 Å². The van der Waals surface area contributed by atoms with Gasteiger partial charge in [-0.1, -0.05) is 24.3 Å². The molecule has 0 radical (unpaired) electrons. The predicted molar refractivity (Wildman–Crippen MR) is 136 cm³/mol. The van der Waals surface area contributed by atoms with E-state index in [1.165, 1.54) is 4.90 Å². The Morgan fingerprint density at radius 3 is 2.40 bits per heavy atom. The van der Waals surface area contributed by atoms with E-state index in [-0.39, 0.29) is 36.5 Å². The number of nitrogens with one attached hydrogen (secondary N) is 1. The summed E-state index contributed by atoms with van der Waals surface area (Å²) in [6, 6.07) is 20.2. The minimum atomic E-state index is -0.807. The van der Waals surface area contributed by atoms with E-state index in [2.05, 4.69) is 10.3 Å². The molecule has 8 nitrogen and oxygen atoms in total. The maximum absolute atomic E-state index is 13.5. The van der Waals surface area contributed by atoms with Gasteiger partial charge in [-0.3, -0.25) is 19.5 Å². The number of hydrogen-bond donors (Lipinski definition) is 1. The summed E-state index contributed by atoms with van der Waals surface area (Å²) in [5, 5.41) is 3.09. The SMILES string of the molecule is CCOC(=O)c1ccc(N2C(=O)C(CC(=O)Nc3ccccc3)N(Cc3ccccn3)C2=S)cc1. The van der Waals surface area contributed by atoms with Gasteiger partial charge in [0.05, 0.1) is 36.5 Å². The van der Waals surface area contributed by atoms with E-state index < -0.39 is 12.0 Å². The van der Waals surface area contributed by atoms with Crippen LogP contribution in [0.15, 0.2) is 79.0 Å². The van der Waals surface area contributed by atoms with Crippen LogP contribution in [0.4, 0.5) is 11.4 Å². The number of nitrogens with zero attached hydrogens (tertiary/aromatic N) is 3. The number of carbonyl (C=O) groups excluding carboxylic acids is 3. The van der Waals surface area contributed by atoms with E-state index in [0.717, 1.165) is 5.69 Å². The van der Waals surface area contributed by atoms with Crippen molar-refractivity contribution in [2.24, 2.45) is 0 Å². The van der Waals surface area contributed by atoms with Crippen molar-refractivity contribution in [1.29, 1.82) is 0 Å². The first-order chi connectivity index (χ1) is 17.0. The molecule has 0 aliphatic carbocycles. The van der Waals surface area contributed by atoms with Crippen LogP contribution in [-0.4, -0.2) is 45.4 Å². The molecule has 0 bridgehead atoms. The third-order valence-corrected chi connectivity index (χ3v) is 5.87. The molecule has 2 amide bonds. The van der Waals surface area contributed by atoms with Gasteiger partial charge in [0.1, 0.15) is 6.04 Å². The fourth-order valence-corrected chi connectivity index (χ4v) is 4.17. The Kier molecular flexibility index (Phi) is 7.47. The van der Waals surface area contributed by atoms with Gasteiger partial charge in [-0.2, -0.15) is 0 Å². The normalized spacial score (nSPS) is 15.3. The average molecular weight is 489 g/mol. The third-order valence-electron chi connectivity index (χ3n) is 5.45. The van der Waals surface area contributed by atoms with Crippen molar-refractivity contribution in [3.63, 3.8) is 0 Å². The van der Waals surface area contributed by atoms with Crippen molar-refractivity contribution in [2.75, 3.05) is 16.8 Å². The fourth-order valence-electron chi connectivity index (χ4n) is 3.79. The Balaban J connectivity index is 1.59. The highest BCUT2D eigenvalue weighted by molar-refractivity contribution is 7.80. The number of anilines is 2. The van der Waals surface area contributed by atoms with Crippen molar-refractivity contribution < 1.29 is 19.1 Å². The lowest BCUT2D eigenvalue weighted by atomic mass is 10.1. The molecule has 178 valence electrons. The molecule has 1 N–H and O–H groups in total. The largest absolute Gasteiger partial charge is 0.462 e. The van der Waals surface area contributed by atoms with Gasteiger partial charge >= 0.3 is 5.97 Å². The van der Waals surface area contributed by atoms with E-state index in [1.807, 2.05) is 30.3 Å². The molecular weight excluding hydrogens is 464 g/mol. The molecule has 1 unspecified atom stereocenters. The first-order valence-electron chi connectivity index (χ1n) is 11.1. The molecule has 1 aliphatic rings. The highest BCUT2D eigenvalue weighted by atomic mass is 32.1. The van der Waals surface area contributed by atoms with Gasteiger partial charge in [-0.25, -0.2) is 4.79 Å². The minimum absolute atomic E-state index is 0.0852. The highest BCUT2D eigenvalue weighted by Crippen LogP contribution is 2.29. The number of thiocarbonyl (C=S) groups is 1. The number of esters is 1. The van der Waals surface area contributed by atoms with Crippen LogP contribution in [0.5, 0.6) is 0 Å². The summed E-state index contributed by atoms with van der Waals surface area (Å²) >= 11 is 5.69. The molecule has 0 saturated carbocycles. The molecule has 0 spiro atoms. The first kappa shape index (κ1) is 24.0. The van der Waals surface area contributed by atoms with Gasteiger partial charge in [0.2, 0.25) is 5.91 Å². The number of aromatic nitrogens is 1. The van der Waals surface area contributed by atoms with Gasteiger partial charge in [-0.15, -0.1) is 0 Å². The van der Waals surface area contributed by atoms with Crippen LogP contribution in [-0.2, 0) is 20.9 Å². The second-order valence-electron chi connectivity index (χ2n) is 7.81. The highest BCUT2D eigenvalue weighted by Gasteiger charge is 2.44. The fraction of sp³-hybridized carbons (Fsp3) is 0.192. The molecule has 9 heteroatoms. The summed E-state index contributed by atoms with van der Waals surface area (Å²) in [5.74, 6) is -1.07. The molecule has 3 aromatic rings. The van der Waals surface area contributed by atoms with Crippen LogP contribution in [0.25, 0.3) is 0 Å². The summed E-state index contributed by atoms with van der Waals surface area (Å²) < 4.78 is 5.02. The zero-order valence-electron chi connectivity index (χ0n) is 19.1. The average Bonchev–Trinajstić information content (AvgIpc) is 3.09. The van der Waals surface area contributed by atoms with Crippen LogP contribution in [0.2, 0.25) is 0 Å². The molecule has 2 aromatic carbocycles. The lowest BCUT2D eigenvalue weighted by Crippen LogP contribution is -2.37. The monoisotopic (exact) mass is 488 g/mol. The van der Waals surface area contributed by atoms with E-state index in [1.54, 1.807) is 60.5 Å². The van der Waals surface area contributed by atoms with Crippen molar-refractivity contribution in [1.82, 2.24) is 9.88 Å². The molecule has 1 aromatic heterocycles. The summed E-state index contributed by atoms with van der Waals surface area (Å²) in [4.78, 5) is 45.8. The molecule has 4 rings (SSSR count). The Morgan fingerprint density at radius 1 is 1.03 bits per heavy atom. The third kappa shape index (κ3) is 5.52. The van der Waals surface area contributed by atoms with Crippen LogP contribution >= 0.6 is 12.2 Å². The molecule has 1 fully saturated rings. The Hall–Kier alpha value is -4.11. The zero-order valence-corrected chi connectivity index (χ0v) is 19.9. The van der Waals surface area contributed by atoms with Crippen molar-refractivity contribution in [2.45, 2.75) is 25.9 Å². The minimum Gasteiger partial charge on any atom is -0.462 e. The standard InChI is InChI=1S/C26H24N4O4S/c1-2-34-25(33)18-11-13-21(14-12-18)30-24(32)22(16-23(31)28-19-8-4-3-5-9-19)29(26(30)35)17-20-10-6-7-15-27-20/h3-15,22H,2,16-17H2,1H3,(H,28,31). The van der Waals surface area contributed by atoms with E-state index >= 15 is 0 Å². The van der Waals surface area contributed by atoms with Crippen LogP contribution in [0.1, 0.15) is 29.4 Å². The smallest absolute Gasteiger partial charge is 0.338 e. The summed E-state index contributed by atoms with van der Waals surface area (Å²) in [7, 11) is 0. The lowest BCUT2D eigenvalue weighted by molar-refractivity contribution is -0.124. The maximum atomic E-state index is 13.5. The van der Waals surface area contributed by atoms with Crippen LogP contribution in [0, 0.1) is 0 Å². The first-order valence-corrected chi connectivity index (χ1v) is 11.6. The molecule has 35 heavy (non-hydrogen) atoms. The molecule has 1 aliphatic heterocycles. The van der Waals surface area contributed by atoms with Crippen LogP contribution in [0.3, 0.4) is 0 Å². The van der Waals surface area contributed by atoms with Gasteiger partial charge in [0.25, 0.3) is 5.91 Å². The van der Waals surface area contributed by atoms with Gasteiger partial charge in [-0.05, 0) is 67.7 Å². The molecule has 2 heterocycles. The summed E-state index contributed by atoms with van der Waals surface area (Å²) in [5.41, 5.74) is 2.24. The number of hydrogen-bond acceptors (Lipinski definition) is 6. The van der Waals surface area contributed by atoms with Gasteiger partial charge < -0.3 is 15.0 Å². The van der Waals surface area contributed by atoms with Crippen molar-refractivity contribution >= 4 is 46.5 Å². The van der Waals surface area contributed by atoms with Crippen molar-refractivity contribution in [3.8, 4) is 0 Å². The van der Waals surface area contributed by atoms with Gasteiger partial charge in [0.15, 0.2) is 5.11 Å². The van der Waals surface area contributed by atoms with E-state index in [0.29, 0.717) is 16.9 Å². The molecule has 1 saturated heterocycles. The van der Waals surface area contributed by atoms with E-state index in [9.17, 15) is 14.4 Å². The Bertz CT molecular complexity index is 1220. The van der Waals surface area contributed by atoms with Gasteiger partial charge in [0, 0.05) is 11.9 Å². The second kappa shape index (κ2) is 10.9. The van der Waals surface area contributed by atoms with Crippen LogP contribution < -0.4 is 10.2 Å². The lowest BCUT2D eigenvalue weighted by Gasteiger charge is -2.23. The summed E-state index contributed by atoms with van der Waals surface area (Å²) in [6.07, 6.45) is 1.58. The number of benzene rings is 2. The number of pyridine rings is 1. The summed E-state index contributed by atoms with van der Waals surface area (Å²) in [6.45, 7) is 2.27. The Labute approximate surface area is 208 Å². The maximum Gasteiger partial charge on any atom is 0.338 e. The predicted octanol–water partition coefficient (Wildman–Crippen LogP) is 3.79. The number of amides is 2. The molecular formula is C26H24N4O4S. The van der Waals surface area contributed by atoms with Crippen molar-refractivity contribution in [3.05, 3.63) is 90.3 Å². The zero-order chi connectivity index (χ0) is 24.8. The number of rotatable bonds is 8. The Morgan fingerprint density at radius 2 is 1.74 bits per heavy atom. The number of ether oxygens (including phenoxy) is 1. The second-order valence-corrected chi connectivity index (χ2v) is 8.17. The molecule has 1 atom stereocenters.